The van der Waals surface area contributed by atoms with Gasteiger partial charge in [-0.25, -0.2) is 9.78 Å². The Bertz CT molecular complexity index is 1400. The van der Waals surface area contributed by atoms with Gasteiger partial charge >= 0.3 is 5.97 Å². The Kier molecular flexibility index (Phi) is 5.91. The number of hydrogen-bond acceptors (Lipinski definition) is 6. The van der Waals surface area contributed by atoms with E-state index in [1.54, 1.807) is 7.11 Å². The van der Waals surface area contributed by atoms with Gasteiger partial charge in [-0.2, -0.15) is 0 Å². The number of aromatic nitrogens is 2. The van der Waals surface area contributed by atoms with E-state index in [9.17, 15) is 4.79 Å². The van der Waals surface area contributed by atoms with Crippen LogP contribution < -0.4 is 15.0 Å². The molecular weight excluding hydrogens is 440 g/mol. The second kappa shape index (κ2) is 9.18. The summed E-state index contributed by atoms with van der Waals surface area (Å²) >= 11 is 0. The number of carbonyl (C=O) groups is 1. The molecule has 0 amide bonds. The summed E-state index contributed by atoms with van der Waals surface area (Å²) in [6.07, 6.45) is 0. The fourth-order valence-corrected chi connectivity index (χ4v) is 4.52. The number of imidazole rings is 1. The molecule has 0 saturated heterocycles. The zero-order valence-electron chi connectivity index (χ0n) is 20.3. The van der Waals surface area contributed by atoms with Crippen LogP contribution in [0.3, 0.4) is 0 Å². The van der Waals surface area contributed by atoms with Crippen LogP contribution in [0.15, 0.2) is 78.4 Å². The van der Waals surface area contributed by atoms with Gasteiger partial charge in [-0.15, -0.1) is 0 Å². The number of benzene rings is 3. The van der Waals surface area contributed by atoms with Crippen molar-refractivity contribution in [3.63, 3.8) is 0 Å². The molecular formula is C28H28N4O3. The molecule has 1 atom stereocenters. The number of methoxy groups -OCH3 is 1. The average molecular weight is 469 g/mol. The molecule has 5 rings (SSSR count). The Labute approximate surface area is 204 Å². The van der Waals surface area contributed by atoms with Crippen LogP contribution in [0.5, 0.6) is 5.75 Å². The second-order valence-corrected chi connectivity index (χ2v) is 8.55. The zero-order valence-corrected chi connectivity index (χ0v) is 20.3. The van der Waals surface area contributed by atoms with Gasteiger partial charge in [0.15, 0.2) is 0 Å². The first-order chi connectivity index (χ1) is 17.0. The molecule has 1 aliphatic heterocycles. The van der Waals surface area contributed by atoms with Gasteiger partial charge in [0.05, 0.1) is 42.1 Å². The summed E-state index contributed by atoms with van der Waals surface area (Å²) in [5.74, 6) is 1.05. The van der Waals surface area contributed by atoms with Crippen molar-refractivity contribution in [1.29, 1.82) is 0 Å². The molecule has 4 aromatic rings. The van der Waals surface area contributed by atoms with E-state index in [4.69, 9.17) is 14.5 Å². The van der Waals surface area contributed by atoms with Gasteiger partial charge in [0.1, 0.15) is 5.75 Å². The van der Waals surface area contributed by atoms with Crippen molar-refractivity contribution in [1.82, 2.24) is 9.55 Å². The molecule has 0 fully saturated rings. The van der Waals surface area contributed by atoms with Crippen molar-refractivity contribution in [2.45, 2.75) is 13.0 Å². The maximum absolute atomic E-state index is 13.5. The van der Waals surface area contributed by atoms with E-state index in [1.165, 1.54) is 0 Å². The molecule has 0 spiro atoms. The smallest absolute Gasteiger partial charge is 0.338 e. The van der Waals surface area contributed by atoms with Crippen molar-refractivity contribution in [3.8, 4) is 5.75 Å². The standard InChI is InChI=1S/C28H28N4O3/c1-5-35-27(33)24-25(18-12-16-21(34-4)17-13-18)30-28-29-22-8-6-7-9-23(22)32(28)26(24)19-10-14-20(15-11-19)31(2)3/h6-17,26H,5H2,1-4H3,(H,29,30). The van der Waals surface area contributed by atoms with Crippen LogP contribution in [0.2, 0.25) is 0 Å². The van der Waals surface area contributed by atoms with Gasteiger partial charge in [-0.3, -0.25) is 4.57 Å². The van der Waals surface area contributed by atoms with Gasteiger partial charge in [-0.1, -0.05) is 24.3 Å². The van der Waals surface area contributed by atoms with Gasteiger partial charge < -0.3 is 19.7 Å². The van der Waals surface area contributed by atoms with Gasteiger partial charge in [0.25, 0.3) is 0 Å². The molecule has 0 radical (unpaired) electrons. The molecule has 7 nitrogen and oxygen atoms in total. The Morgan fingerprint density at radius 3 is 2.40 bits per heavy atom. The maximum Gasteiger partial charge on any atom is 0.338 e. The van der Waals surface area contributed by atoms with Crippen molar-refractivity contribution in [2.24, 2.45) is 0 Å². The van der Waals surface area contributed by atoms with Gasteiger partial charge in [0, 0.05) is 19.8 Å². The number of ether oxygens (including phenoxy) is 2. The molecule has 1 aliphatic rings. The Morgan fingerprint density at radius 2 is 1.74 bits per heavy atom. The first-order valence-electron chi connectivity index (χ1n) is 11.6. The van der Waals surface area contributed by atoms with Gasteiger partial charge in [-0.05, 0) is 66.6 Å². The topological polar surface area (TPSA) is 68.6 Å². The first-order valence-corrected chi connectivity index (χ1v) is 11.6. The van der Waals surface area contributed by atoms with Gasteiger partial charge in [0.2, 0.25) is 5.95 Å². The predicted octanol–water partition coefficient (Wildman–Crippen LogP) is 5.10. The monoisotopic (exact) mass is 468 g/mol. The highest BCUT2D eigenvalue weighted by atomic mass is 16.5. The minimum atomic E-state index is -0.425. The normalized spacial score (nSPS) is 14.9. The molecule has 1 unspecified atom stereocenters. The largest absolute Gasteiger partial charge is 0.497 e. The molecule has 2 heterocycles. The first kappa shape index (κ1) is 22.5. The van der Waals surface area contributed by atoms with Crippen LogP contribution in [-0.2, 0) is 9.53 Å². The molecule has 0 bridgehead atoms. The number of nitrogens with one attached hydrogen (secondary N) is 1. The summed E-state index contributed by atoms with van der Waals surface area (Å²) in [4.78, 5) is 20.5. The lowest BCUT2D eigenvalue weighted by atomic mass is 9.92. The number of esters is 1. The number of hydrogen-bond donors (Lipinski definition) is 1. The lowest BCUT2D eigenvalue weighted by molar-refractivity contribution is -0.138. The van der Waals surface area contributed by atoms with E-state index < -0.39 is 6.04 Å². The SMILES string of the molecule is CCOC(=O)C1=C(c2ccc(OC)cc2)Nc2nc3ccccc3n2C1c1ccc(N(C)C)cc1. The maximum atomic E-state index is 13.5. The zero-order chi connectivity index (χ0) is 24.5. The number of nitrogens with zero attached hydrogens (tertiary/aromatic N) is 3. The number of fused-ring (bicyclic) bond motifs is 3. The molecule has 1 aromatic heterocycles. The summed E-state index contributed by atoms with van der Waals surface area (Å²) in [5, 5.41) is 3.44. The fourth-order valence-electron chi connectivity index (χ4n) is 4.52. The third-order valence-electron chi connectivity index (χ3n) is 6.23. The second-order valence-electron chi connectivity index (χ2n) is 8.55. The number of rotatable bonds is 6. The highest BCUT2D eigenvalue weighted by molar-refractivity contribution is 6.03. The van der Waals surface area contributed by atoms with Crippen molar-refractivity contribution >= 4 is 34.3 Å². The number of carbonyl (C=O) groups excluding carboxylic acids is 1. The lowest BCUT2D eigenvalue weighted by Crippen LogP contribution is -2.29. The molecule has 1 N–H and O–H groups in total. The van der Waals surface area contributed by atoms with E-state index in [0.29, 0.717) is 17.2 Å². The third kappa shape index (κ3) is 3.99. The molecule has 7 heteroatoms. The quantitative estimate of drug-likeness (QED) is 0.397. The molecule has 0 aliphatic carbocycles. The van der Waals surface area contributed by atoms with Crippen LogP contribution in [-0.4, -0.2) is 43.3 Å². The predicted molar refractivity (Wildman–Crippen MR) is 139 cm³/mol. The van der Waals surface area contributed by atoms with Crippen LogP contribution in [0, 0.1) is 0 Å². The summed E-state index contributed by atoms with van der Waals surface area (Å²) in [5.41, 5.74) is 5.89. The summed E-state index contributed by atoms with van der Waals surface area (Å²) in [6, 6.07) is 23.4. The molecule has 35 heavy (non-hydrogen) atoms. The van der Waals surface area contributed by atoms with Crippen LogP contribution in [0.4, 0.5) is 11.6 Å². The molecule has 178 valence electrons. The highest BCUT2D eigenvalue weighted by Gasteiger charge is 2.36. The third-order valence-corrected chi connectivity index (χ3v) is 6.23. The van der Waals surface area contributed by atoms with E-state index in [2.05, 4.69) is 39.0 Å². The van der Waals surface area contributed by atoms with Crippen molar-refractivity contribution in [3.05, 3.63) is 89.5 Å². The Hall–Kier alpha value is -4.26. The van der Waals surface area contributed by atoms with E-state index in [0.717, 1.165) is 33.6 Å². The highest BCUT2D eigenvalue weighted by Crippen LogP contribution is 2.42. The minimum absolute atomic E-state index is 0.280. The Morgan fingerprint density at radius 1 is 1.03 bits per heavy atom. The lowest BCUT2D eigenvalue weighted by Gasteiger charge is -2.31. The average Bonchev–Trinajstić information content (AvgIpc) is 3.26. The molecule has 3 aromatic carbocycles. The van der Waals surface area contributed by atoms with Crippen LogP contribution in [0.25, 0.3) is 16.7 Å². The number of anilines is 2. The summed E-state index contributed by atoms with van der Waals surface area (Å²) in [6.45, 7) is 2.10. The van der Waals surface area contributed by atoms with E-state index in [1.807, 2.05) is 69.6 Å². The van der Waals surface area contributed by atoms with Crippen LogP contribution >= 0.6 is 0 Å². The van der Waals surface area contributed by atoms with E-state index >= 15 is 0 Å². The summed E-state index contributed by atoms with van der Waals surface area (Å²) < 4.78 is 13.0. The van der Waals surface area contributed by atoms with E-state index in [-0.39, 0.29) is 12.6 Å². The van der Waals surface area contributed by atoms with Crippen molar-refractivity contribution < 1.29 is 14.3 Å². The Balaban J connectivity index is 1.78. The molecule has 0 saturated carbocycles. The van der Waals surface area contributed by atoms with Crippen LogP contribution in [0.1, 0.15) is 24.1 Å². The minimum Gasteiger partial charge on any atom is -0.497 e. The number of para-hydroxylation sites is 2. The summed E-state index contributed by atoms with van der Waals surface area (Å²) in [7, 11) is 5.65. The van der Waals surface area contributed by atoms with Crippen molar-refractivity contribution in [2.75, 3.05) is 38.0 Å². The fraction of sp³-hybridized carbons (Fsp3) is 0.214.